The minimum absolute atomic E-state index is 0.0360. The highest BCUT2D eigenvalue weighted by Crippen LogP contribution is 2.39. The zero-order chi connectivity index (χ0) is 38.0. The molecule has 1 aromatic rings. The van der Waals surface area contributed by atoms with Gasteiger partial charge in [0.05, 0.1) is 33.4 Å². The third-order valence-corrected chi connectivity index (χ3v) is 16.3. The standard InChI is InChI=1S/C37H60N4O8S2/c1-35(2,3)40-33(44)29-21-26-16-11-12-17-27(26)23-41(29)24-30(42)28(20-25-14-9-8-10-15-25)38-34(45)32(36(4,5)50(7,46)47)39-31(43)22-37(6)18-13-19-51(37,48)49/h8-10,14-15,26-30,32,42H,11-13,16-24H2,1-7H3,(H,38,45)(H,39,43)(H,40,44)/t26-,27+,28-,29-,30+,32+,37?/m0/s1. The van der Waals surface area contributed by atoms with Crippen LogP contribution in [0.5, 0.6) is 0 Å². The molecular formula is C37H60N4O8S2. The molecule has 12 nitrogen and oxygen atoms in total. The van der Waals surface area contributed by atoms with Gasteiger partial charge in [0.25, 0.3) is 0 Å². The second-order valence-corrected chi connectivity index (χ2v) is 22.3. The van der Waals surface area contributed by atoms with Crippen molar-refractivity contribution in [3.8, 4) is 0 Å². The van der Waals surface area contributed by atoms with Crippen LogP contribution in [0, 0.1) is 11.8 Å². The number of aliphatic hydroxyl groups excluding tert-OH is 1. The Kier molecular flexibility index (Phi) is 12.8. The van der Waals surface area contributed by atoms with Gasteiger partial charge in [-0.1, -0.05) is 49.6 Å². The number of piperidine rings is 1. The summed E-state index contributed by atoms with van der Waals surface area (Å²) in [5, 5.41) is 20.5. The van der Waals surface area contributed by atoms with Gasteiger partial charge >= 0.3 is 0 Å². The molecule has 3 amide bonds. The van der Waals surface area contributed by atoms with Gasteiger partial charge in [0.15, 0.2) is 19.7 Å². The zero-order valence-electron chi connectivity index (χ0n) is 31.4. The summed E-state index contributed by atoms with van der Waals surface area (Å²) in [4.78, 5) is 43.4. The first kappa shape index (κ1) is 41.2. The van der Waals surface area contributed by atoms with Crippen LogP contribution in [0.4, 0.5) is 0 Å². The Morgan fingerprint density at radius 3 is 2.20 bits per heavy atom. The smallest absolute Gasteiger partial charge is 0.244 e. The van der Waals surface area contributed by atoms with Crippen LogP contribution in [-0.4, -0.2) is 109 Å². The fourth-order valence-corrected chi connectivity index (χ4v) is 10.4. The van der Waals surface area contributed by atoms with Gasteiger partial charge in [-0.3, -0.25) is 19.3 Å². The largest absolute Gasteiger partial charge is 0.390 e. The number of likely N-dealkylation sites (tertiary alicyclic amines) is 1. The maximum Gasteiger partial charge on any atom is 0.244 e. The zero-order valence-corrected chi connectivity index (χ0v) is 33.0. The average molecular weight is 753 g/mol. The lowest BCUT2D eigenvalue weighted by Crippen LogP contribution is -2.64. The Hall–Kier alpha value is -2.55. The number of hydrogen-bond acceptors (Lipinski definition) is 9. The molecule has 2 heterocycles. The number of hydrogen-bond donors (Lipinski definition) is 4. The minimum Gasteiger partial charge on any atom is -0.390 e. The van der Waals surface area contributed by atoms with E-state index in [0.717, 1.165) is 37.5 Å². The Morgan fingerprint density at radius 2 is 1.63 bits per heavy atom. The summed E-state index contributed by atoms with van der Waals surface area (Å²) in [5.41, 5.74) is 0.372. The molecule has 0 radical (unpaired) electrons. The number of β-amino-alcohol motifs (C(OH)–C–C–N with tert-alkyl or cyclic N) is 1. The van der Waals surface area contributed by atoms with Crippen LogP contribution in [-0.2, 0) is 40.5 Å². The predicted octanol–water partition coefficient (Wildman–Crippen LogP) is 2.54. The van der Waals surface area contributed by atoms with Crippen molar-refractivity contribution in [1.82, 2.24) is 20.9 Å². The van der Waals surface area contributed by atoms with Crippen molar-refractivity contribution in [1.29, 1.82) is 0 Å². The summed E-state index contributed by atoms with van der Waals surface area (Å²) in [6.45, 7) is 10.7. The van der Waals surface area contributed by atoms with E-state index < -0.39 is 77.2 Å². The molecule has 1 saturated carbocycles. The number of fused-ring (bicyclic) bond motifs is 1. The van der Waals surface area contributed by atoms with Gasteiger partial charge in [0, 0.05) is 31.3 Å². The van der Waals surface area contributed by atoms with E-state index in [2.05, 4.69) is 16.0 Å². The maximum absolute atomic E-state index is 14.2. The number of sulfone groups is 2. The fraction of sp³-hybridized carbons (Fsp3) is 0.757. The van der Waals surface area contributed by atoms with Gasteiger partial charge in [0.1, 0.15) is 6.04 Å². The highest BCUT2D eigenvalue weighted by Gasteiger charge is 2.49. The molecule has 1 aromatic carbocycles. The van der Waals surface area contributed by atoms with Crippen LogP contribution in [0.3, 0.4) is 0 Å². The molecule has 0 spiro atoms. The van der Waals surface area contributed by atoms with Crippen molar-refractivity contribution < 1.29 is 36.3 Å². The lowest BCUT2D eigenvalue weighted by atomic mass is 9.72. The molecule has 3 fully saturated rings. The molecule has 2 saturated heterocycles. The number of nitrogens with one attached hydrogen (secondary N) is 3. The summed E-state index contributed by atoms with van der Waals surface area (Å²) in [5.74, 6) is -0.877. The molecule has 288 valence electrons. The number of rotatable bonds is 13. The van der Waals surface area contributed by atoms with Gasteiger partial charge in [-0.15, -0.1) is 0 Å². The van der Waals surface area contributed by atoms with E-state index in [1.807, 2.05) is 56.0 Å². The third-order valence-electron chi connectivity index (χ3n) is 11.4. The first-order valence-corrected chi connectivity index (χ1v) is 21.9. The molecule has 7 atom stereocenters. The molecular weight excluding hydrogens is 693 g/mol. The first-order valence-electron chi connectivity index (χ1n) is 18.3. The predicted molar refractivity (Wildman–Crippen MR) is 198 cm³/mol. The second-order valence-electron chi connectivity index (χ2n) is 17.0. The summed E-state index contributed by atoms with van der Waals surface area (Å²) >= 11 is 0. The number of benzene rings is 1. The van der Waals surface area contributed by atoms with E-state index in [1.165, 1.54) is 20.8 Å². The van der Waals surface area contributed by atoms with Crippen LogP contribution in [0.2, 0.25) is 0 Å². The van der Waals surface area contributed by atoms with Crippen molar-refractivity contribution >= 4 is 37.4 Å². The number of aliphatic hydroxyl groups is 1. The highest BCUT2D eigenvalue weighted by molar-refractivity contribution is 7.93. The average Bonchev–Trinajstić information content (AvgIpc) is 3.28. The fourth-order valence-electron chi connectivity index (χ4n) is 7.97. The van der Waals surface area contributed by atoms with Gasteiger partial charge in [-0.2, -0.15) is 0 Å². The van der Waals surface area contributed by atoms with Crippen molar-refractivity contribution in [2.75, 3.05) is 25.1 Å². The summed E-state index contributed by atoms with van der Waals surface area (Å²) in [7, 11) is -7.50. The maximum atomic E-state index is 14.2. The molecule has 1 unspecified atom stereocenters. The topological polar surface area (TPSA) is 179 Å². The highest BCUT2D eigenvalue weighted by atomic mass is 32.2. The molecule has 3 aliphatic rings. The van der Waals surface area contributed by atoms with Gasteiger partial charge in [-0.05, 0) is 91.0 Å². The van der Waals surface area contributed by atoms with Gasteiger partial charge in [0.2, 0.25) is 17.7 Å². The summed E-state index contributed by atoms with van der Waals surface area (Å²) in [6, 6.07) is 6.28. The SMILES string of the molecule is CC(C)(C)NC(=O)[C@@H]1C[C@@H]2CCCC[C@@H]2CN1C[C@@H](O)[C@H](Cc1ccccc1)NC(=O)[C@@H](NC(=O)CC1(C)CCCS1(=O)=O)C(C)(C)S(C)(=O)=O. The van der Waals surface area contributed by atoms with E-state index in [4.69, 9.17) is 0 Å². The Bertz CT molecular complexity index is 1630. The van der Waals surface area contributed by atoms with Crippen LogP contribution in [0.15, 0.2) is 30.3 Å². The van der Waals surface area contributed by atoms with Crippen molar-refractivity contribution in [2.45, 2.75) is 139 Å². The van der Waals surface area contributed by atoms with Crippen LogP contribution in [0.1, 0.15) is 98.5 Å². The summed E-state index contributed by atoms with van der Waals surface area (Å²) in [6.07, 6.45) is 5.37. The van der Waals surface area contributed by atoms with E-state index in [1.54, 1.807) is 0 Å². The summed E-state index contributed by atoms with van der Waals surface area (Å²) < 4.78 is 48.5. The molecule has 1 aliphatic carbocycles. The van der Waals surface area contributed by atoms with Crippen LogP contribution >= 0.6 is 0 Å². The normalized spacial score (nSPS) is 27.4. The Balaban J connectivity index is 1.62. The molecule has 0 aromatic heterocycles. The number of carbonyl (C=O) groups is 3. The monoisotopic (exact) mass is 752 g/mol. The molecule has 4 rings (SSSR count). The second kappa shape index (κ2) is 15.8. The van der Waals surface area contributed by atoms with Crippen LogP contribution in [0.25, 0.3) is 0 Å². The van der Waals surface area contributed by atoms with Crippen LogP contribution < -0.4 is 16.0 Å². The first-order chi connectivity index (χ1) is 23.5. The molecule has 0 bridgehead atoms. The Labute approximate surface area is 305 Å². The lowest BCUT2D eigenvalue weighted by molar-refractivity contribution is -0.133. The number of amides is 3. The molecule has 4 N–H and O–H groups in total. The third kappa shape index (κ3) is 10.1. The van der Waals surface area contributed by atoms with E-state index in [9.17, 15) is 36.3 Å². The molecule has 2 aliphatic heterocycles. The van der Waals surface area contributed by atoms with Crippen molar-refractivity contribution in [2.24, 2.45) is 11.8 Å². The van der Waals surface area contributed by atoms with E-state index in [0.29, 0.717) is 31.2 Å². The number of carbonyl (C=O) groups excluding carboxylic acids is 3. The van der Waals surface area contributed by atoms with E-state index >= 15 is 0 Å². The van der Waals surface area contributed by atoms with Crippen molar-refractivity contribution in [3.63, 3.8) is 0 Å². The Morgan fingerprint density at radius 1 is 1.00 bits per heavy atom. The van der Waals surface area contributed by atoms with E-state index in [-0.39, 0.29) is 31.0 Å². The molecule has 14 heteroatoms. The quantitative estimate of drug-likeness (QED) is 0.236. The lowest BCUT2D eigenvalue weighted by Gasteiger charge is -2.47. The molecule has 51 heavy (non-hydrogen) atoms. The number of nitrogens with zero attached hydrogens (tertiary/aromatic N) is 1. The van der Waals surface area contributed by atoms with Gasteiger partial charge in [-0.25, -0.2) is 16.8 Å². The van der Waals surface area contributed by atoms with Crippen molar-refractivity contribution in [3.05, 3.63) is 35.9 Å². The minimum atomic E-state index is -3.95. The van der Waals surface area contributed by atoms with Gasteiger partial charge < -0.3 is 21.1 Å².